The van der Waals surface area contributed by atoms with Crippen LogP contribution in [0.4, 0.5) is 0 Å². The number of nitrogens with zero attached hydrogens (tertiary/aromatic N) is 1. The van der Waals surface area contributed by atoms with Gasteiger partial charge in [-0.05, 0) is 60.9 Å². The van der Waals surface area contributed by atoms with E-state index in [1.165, 1.54) is 11.1 Å². The first kappa shape index (κ1) is 14.9. The highest BCUT2D eigenvalue weighted by molar-refractivity contribution is 5.44. The third kappa shape index (κ3) is 2.36. The fourth-order valence-electron chi connectivity index (χ4n) is 4.33. The summed E-state index contributed by atoms with van der Waals surface area (Å²) in [6.45, 7) is 9.02. The van der Waals surface area contributed by atoms with Gasteiger partial charge >= 0.3 is 0 Å². The SMILES string of the molecule is CO[C@@H](C)CN1CC[C@@]2(C)c3cc(O)ccc3C[C@@H]1[C@H]2C. The minimum atomic E-state index is 0.184. The van der Waals surface area contributed by atoms with Gasteiger partial charge in [0.15, 0.2) is 0 Å². The Hall–Kier alpha value is -1.06. The van der Waals surface area contributed by atoms with Crippen LogP contribution in [-0.4, -0.2) is 42.4 Å². The maximum atomic E-state index is 9.86. The molecule has 4 atom stereocenters. The molecule has 0 saturated carbocycles. The predicted octanol–water partition coefficient (Wildman–Crippen LogP) is 2.95. The summed E-state index contributed by atoms with van der Waals surface area (Å²) in [4.78, 5) is 2.61. The normalized spacial score (nSPS) is 33.5. The molecule has 1 heterocycles. The molecule has 21 heavy (non-hydrogen) atoms. The lowest BCUT2D eigenvalue weighted by Crippen LogP contribution is -2.59. The lowest BCUT2D eigenvalue weighted by Gasteiger charge is -2.55. The first-order chi connectivity index (χ1) is 9.95. The van der Waals surface area contributed by atoms with Gasteiger partial charge in [-0.25, -0.2) is 0 Å². The van der Waals surface area contributed by atoms with Crippen LogP contribution in [0.5, 0.6) is 5.75 Å². The Morgan fingerprint density at radius 1 is 1.48 bits per heavy atom. The van der Waals surface area contributed by atoms with Gasteiger partial charge in [0.05, 0.1) is 6.10 Å². The molecule has 1 aromatic carbocycles. The average Bonchev–Trinajstić information content (AvgIpc) is 2.46. The summed E-state index contributed by atoms with van der Waals surface area (Å²) in [7, 11) is 1.79. The van der Waals surface area contributed by atoms with Gasteiger partial charge in [-0.2, -0.15) is 0 Å². The Kier molecular flexibility index (Phi) is 3.74. The summed E-state index contributed by atoms with van der Waals surface area (Å²) < 4.78 is 5.46. The maximum absolute atomic E-state index is 9.86. The van der Waals surface area contributed by atoms with Crippen molar-refractivity contribution in [1.29, 1.82) is 0 Å². The highest BCUT2D eigenvalue weighted by Crippen LogP contribution is 2.49. The number of piperidine rings is 1. The van der Waals surface area contributed by atoms with Crippen LogP contribution in [0.3, 0.4) is 0 Å². The van der Waals surface area contributed by atoms with Gasteiger partial charge in [0, 0.05) is 19.7 Å². The van der Waals surface area contributed by atoms with E-state index < -0.39 is 0 Å². The van der Waals surface area contributed by atoms with Crippen molar-refractivity contribution in [2.45, 2.75) is 51.2 Å². The van der Waals surface area contributed by atoms with Gasteiger partial charge in [-0.1, -0.05) is 19.9 Å². The molecule has 0 aromatic heterocycles. The quantitative estimate of drug-likeness (QED) is 0.928. The zero-order chi connectivity index (χ0) is 15.2. The van der Waals surface area contributed by atoms with Crippen molar-refractivity contribution < 1.29 is 9.84 Å². The highest BCUT2D eigenvalue weighted by atomic mass is 16.5. The second kappa shape index (κ2) is 5.29. The molecule has 2 aliphatic rings. The molecule has 116 valence electrons. The number of fused-ring (bicyclic) bond motifs is 4. The van der Waals surface area contributed by atoms with Gasteiger partial charge in [0.1, 0.15) is 5.75 Å². The van der Waals surface area contributed by atoms with Crippen LogP contribution in [0.25, 0.3) is 0 Å². The van der Waals surface area contributed by atoms with Gasteiger partial charge in [-0.15, -0.1) is 0 Å². The average molecular weight is 289 g/mol. The van der Waals surface area contributed by atoms with Crippen molar-refractivity contribution in [3.8, 4) is 5.75 Å². The molecule has 0 spiro atoms. The van der Waals surface area contributed by atoms with Gasteiger partial charge in [-0.3, -0.25) is 4.90 Å². The summed E-state index contributed by atoms with van der Waals surface area (Å²) in [5.41, 5.74) is 2.96. The predicted molar refractivity (Wildman–Crippen MR) is 84.8 cm³/mol. The number of methoxy groups -OCH3 is 1. The smallest absolute Gasteiger partial charge is 0.115 e. The topological polar surface area (TPSA) is 32.7 Å². The summed E-state index contributed by atoms with van der Waals surface area (Å²) >= 11 is 0. The van der Waals surface area contributed by atoms with Crippen molar-refractivity contribution in [1.82, 2.24) is 4.90 Å². The highest BCUT2D eigenvalue weighted by Gasteiger charge is 2.48. The van der Waals surface area contributed by atoms with E-state index in [4.69, 9.17) is 4.74 Å². The van der Waals surface area contributed by atoms with E-state index in [0.717, 1.165) is 25.9 Å². The number of hydrogen-bond acceptors (Lipinski definition) is 3. The van der Waals surface area contributed by atoms with Gasteiger partial charge in [0.25, 0.3) is 0 Å². The Morgan fingerprint density at radius 3 is 2.95 bits per heavy atom. The molecule has 1 aliphatic heterocycles. The van der Waals surface area contributed by atoms with Crippen LogP contribution in [0, 0.1) is 5.92 Å². The van der Waals surface area contributed by atoms with Crippen LogP contribution in [0.2, 0.25) is 0 Å². The Bertz CT molecular complexity index is 530. The molecule has 0 radical (unpaired) electrons. The van der Waals surface area contributed by atoms with E-state index in [1.807, 2.05) is 12.1 Å². The van der Waals surface area contributed by atoms with Crippen molar-refractivity contribution in [3.63, 3.8) is 0 Å². The lowest BCUT2D eigenvalue weighted by molar-refractivity contribution is -0.00624. The summed E-state index contributed by atoms with van der Waals surface area (Å²) in [5.74, 6) is 1.00. The second-order valence-corrected chi connectivity index (χ2v) is 7.11. The van der Waals surface area contributed by atoms with Crippen molar-refractivity contribution in [3.05, 3.63) is 29.3 Å². The van der Waals surface area contributed by atoms with E-state index in [-0.39, 0.29) is 11.5 Å². The molecular weight excluding hydrogens is 262 g/mol. The minimum absolute atomic E-state index is 0.184. The van der Waals surface area contributed by atoms with Crippen LogP contribution in [0.15, 0.2) is 18.2 Å². The van der Waals surface area contributed by atoms with Gasteiger partial charge in [0.2, 0.25) is 0 Å². The van der Waals surface area contributed by atoms with Crippen molar-refractivity contribution in [2.24, 2.45) is 5.92 Å². The molecule has 3 rings (SSSR count). The number of rotatable bonds is 3. The van der Waals surface area contributed by atoms with Crippen LogP contribution in [0.1, 0.15) is 38.3 Å². The molecule has 1 fully saturated rings. The summed E-state index contributed by atoms with van der Waals surface area (Å²) in [6, 6.07) is 6.52. The molecule has 0 amide bonds. The third-order valence-corrected chi connectivity index (χ3v) is 6.00. The molecule has 1 aliphatic carbocycles. The van der Waals surface area contributed by atoms with E-state index in [0.29, 0.717) is 17.7 Å². The third-order valence-electron chi connectivity index (χ3n) is 6.00. The first-order valence-electron chi connectivity index (χ1n) is 8.05. The molecule has 3 nitrogen and oxygen atoms in total. The number of phenolic OH excluding ortho intramolecular Hbond substituents is 1. The zero-order valence-corrected chi connectivity index (χ0v) is 13.6. The molecule has 3 heteroatoms. The number of likely N-dealkylation sites (tertiary alicyclic amines) is 1. The van der Waals surface area contributed by atoms with Crippen LogP contribution < -0.4 is 0 Å². The van der Waals surface area contributed by atoms with E-state index in [1.54, 1.807) is 7.11 Å². The van der Waals surface area contributed by atoms with E-state index >= 15 is 0 Å². The number of aromatic hydroxyl groups is 1. The van der Waals surface area contributed by atoms with Crippen molar-refractivity contribution in [2.75, 3.05) is 20.2 Å². The van der Waals surface area contributed by atoms with Gasteiger partial charge < -0.3 is 9.84 Å². The standard InChI is InChI=1S/C18H27NO2/c1-12(21-4)11-19-8-7-18(3)13(2)17(19)9-14-5-6-15(20)10-16(14)18/h5-6,10,12-13,17,20H,7-9,11H2,1-4H3/t12-,13+,17+,18+/m0/s1. The molecule has 1 saturated heterocycles. The Balaban J connectivity index is 1.94. The minimum Gasteiger partial charge on any atom is -0.508 e. The first-order valence-corrected chi connectivity index (χ1v) is 8.05. The number of phenols is 1. The molecular formula is C18H27NO2. The maximum Gasteiger partial charge on any atom is 0.115 e. The van der Waals surface area contributed by atoms with Crippen molar-refractivity contribution >= 4 is 0 Å². The van der Waals surface area contributed by atoms with E-state index in [9.17, 15) is 5.11 Å². The molecule has 1 aromatic rings. The fraction of sp³-hybridized carbons (Fsp3) is 0.667. The summed E-state index contributed by atoms with van der Waals surface area (Å²) in [6.07, 6.45) is 2.52. The summed E-state index contributed by atoms with van der Waals surface area (Å²) in [5, 5.41) is 9.86. The molecule has 1 N–H and O–H groups in total. The fourth-order valence-corrected chi connectivity index (χ4v) is 4.33. The number of hydrogen-bond donors (Lipinski definition) is 1. The van der Waals surface area contributed by atoms with Crippen LogP contribution >= 0.6 is 0 Å². The largest absolute Gasteiger partial charge is 0.508 e. The van der Waals surface area contributed by atoms with Crippen LogP contribution in [-0.2, 0) is 16.6 Å². The Labute approximate surface area is 127 Å². The van der Waals surface area contributed by atoms with E-state index in [2.05, 4.69) is 31.7 Å². The molecule has 2 bridgehead atoms. The number of benzene rings is 1. The monoisotopic (exact) mass is 289 g/mol. The Morgan fingerprint density at radius 2 is 2.24 bits per heavy atom. The second-order valence-electron chi connectivity index (χ2n) is 7.11. The number of ether oxygens (including phenoxy) is 1. The molecule has 0 unspecified atom stereocenters. The zero-order valence-electron chi connectivity index (χ0n) is 13.6. The lowest BCUT2D eigenvalue weighted by atomic mass is 9.59.